The number of carbonyl (C=O) groups is 1. The molecule has 2 N–H and O–H groups in total. The molecule has 100 valence electrons. The number of terminal acetylenes is 1. The minimum absolute atomic E-state index is 0.0726. The molecule has 4 nitrogen and oxygen atoms in total. The monoisotopic (exact) mass is 257 g/mol. The minimum atomic E-state index is 0.0726. The number of anilines is 1. The van der Waals surface area contributed by atoms with Crippen LogP contribution in [0.2, 0.25) is 0 Å². The van der Waals surface area contributed by atoms with Crippen LogP contribution in [0.4, 0.5) is 5.69 Å². The third-order valence-corrected chi connectivity index (χ3v) is 3.49. The maximum absolute atomic E-state index is 12.4. The van der Waals surface area contributed by atoms with Crippen molar-refractivity contribution in [3.8, 4) is 12.3 Å². The zero-order chi connectivity index (χ0) is 13.8. The highest BCUT2D eigenvalue weighted by Gasteiger charge is 2.21. The van der Waals surface area contributed by atoms with Gasteiger partial charge in [-0.2, -0.15) is 0 Å². The molecule has 0 aliphatic carbocycles. The molecule has 0 saturated carbocycles. The Labute approximate surface area is 114 Å². The lowest BCUT2D eigenvalue weighted by molar-refractivity contribution is 0.0652. The molecule has 0 spiro atoms. The van der Waals surface area contributed by atoms with Gasteiger partial charge >= 0.3 is 0 Å². The summed E-state index contributed by atoms with van der Waals surface area (Å²) in [6.45, 7) is 5.70. The van der Waals surface area contributed by atoms with Crippen molar-refractivity contribution in [3.63, 3.8) is 0 Å². The van der Waals surface area contributed by atoms with Crippen molar-refractivity contribution in [2.24, 2.45) is 0 Å². The van der Waals surface area contributed by atoms with E-state index in [4.69, 9.17) is 12.2 Å². The van der Waals surface area contributed by atoms with Crippen LogP contribution in [0, 0.1) is 19.3 Å². The lowest BCUT2D eigenvalue weighted by Gasteiger charge is -2.33. The van der Waals surface area contributed by atoms with Gasteiger partial charge in [0, 0.05) is 37.4 Å². The summed E-state index contributed by atoms with van der Waals surface area (Å²) in [7, 11) is 0. The Bertz CT molecular complexity index is 511. The Morgan fingerprint density at radius 3 is 2.63 bits per heavy atom. The number of amides is 1. The third-order valence-electron chi connectivity index (χ3n) is 3.49. The lowest BCUT2D eigenvalue weighted by atomic mass is 10.1. The molecule has 0 unspecified atom stereocenters. The van der Waals surface area contributed by atoms with E-state index in [0.717, 1.165) is 37.4 Å². The molecule has 0 radical (unpaired) electrons. The zero-order valence-corrected chi connectivity index (χ0v) is 11.2. The molecule has 0 atom stereocenters. The molecule has 19 heavy (non-hydrogen) atoms. The number of hydrogen-bond donors (Lipinski definition) is 1. The van der Waals surface area contributed by atoms with Crippen LogP contribution in [0.3, 0.4) is 0 Å². The second kappa shape index (κ2) is 5.77. The Morgan fingerprint density at radius 2 is 2.05 bits per heavy atom. The maximum Gasteiger partial charge on any atom is 0.253 e. The average Bonchev–Trinajstić information content (AvgIpc) is 2.42. The van der Waals surface area contributed by atoms with Gasteiger partial charge in [0.1, 0.15) is 0 Å². The first-order valence-electron chi connectivity index (χ1n) is 6.43. The molecule has 2 rings (SSSR count). The summed E-state index contributed by atoms with van der Waals surface area (Å²) in [6, 6.07) is 5.43. The molecule has 1 saturated heterocycles. The van der Waals surface area contributed by atoms with Crippen LogP contribution in [0.15, 0.2) is 18.2 Å². The van der Waals surface area contributed by atoms with Gasteiger partial charge in [-0.3, -0.25) is 9.69 Å². The van der Waals surface area contributed by atoms with Crippen LogP contribution in [0.5, 0.6) is 0 Å². The van der Waals surface area contributed by atoms with Gasteiger partial charge in [-0.05, 0) is 30.7 Å². The van der Waals surface area contributed by atoms with Gasteiger partial charge in [0.05, 0.1) is 6.54 Å². The lowest BCUT2D eigenvalue weighted by Crippen LogP contribution is -2.48. The number of aryl methyl sites for hydroxylation is 1. The van der Waals surface area contributed by atoms with Crippen LogP contribution < -0.4 is 5.73 Å². The molecule has 0 bridgehead atoms. The topological polar surface area (TPSA) is 49.6 Å². The number of nitrogens with zero attached hydrogens (tertiary/aromatic N) is 2. The van der Waals surface area contributed by atoms with E-state index in [1.807, 2.05) is 17.9 Å². The highest BCUT2D eigenvalue weighted by molar-refractivity contribution is 5.95. The van der Waals surface area contributed by atoms with Crippen molar-refractivity contribution in [1.82, 2.24) is 9.80 Å². The van der Waals surface area contributed by atoms with E-state index in [2.05, 4.69) is 10.8 Å². The Hall–Kier alpha value is -1.99. The summed E-state index contributed by atoms with van der Waals surface area (Å²) in [5.41, 5.74) is 8.13. The van der Waals surface area contributed by atoms with Gasteiger partial charge in [0.25, 0.3) is 5.91 Å². The van der Waals surface area contributed by atoms with Gasteiger partial charge in [0.2, 0.25) is 0 Å². The predicted molar refractivity (Wildman–Crippen MR) is 76.8 cm³/mol. The molecule has 1 aliphatic heterocycles. The van der Waals surface area contributed by atoms with E-state index in [1.165, 1.54) is 0 Å². The highest BCUT2D eigenvalue weighted by atomic mass is 16.2. The van der Waals surface area contributed by atoms with Gasteiger partial charge in [-0.25, -0.2) is 0 Å². The molecule has 1 aromatic rings. The normalized spacial score (nSPS) is 16.1. The van der Waals surface area contributed by atoms with Crippen molar-refractivity contribution in [2.75, 3.05) is 38.5 Å². The molecular weight excluding hydrogens is 238 g/mol. The molecule has 4 heteroatoms. The molecule has 1 amide bonds. The molecule has 0 aromatic heterocycles. The molecular formula is C15H19N3O. The predicted octanol–water partition coefficient (Wildman–Crippen LogP) is 0.968. The number of rotatable bonds is 2. The first-order valence-corrected chi connectivity index (χ1v) is 6.43. The maximum atomic E-state index is 12.4. The molecule has 1 aromatic carbocycles. The average molecular weight is 257 g/mol. The Balaban J connectivity index is 2.01. The summed E-state index contributed by atoms with van der Waals surface area (Å²) < 4.78 is 0. The fourth-order valence-electron chi connectivity index (χ4n) is 2.23. The van der Waals surface area contributed by atoms with Crippen molar-refractivity contribution in [1.29, 1.82) is 0 Å². The van der Waals surface area contributed by atoms with E-state index >= 15 is 0 Å². The minimum Gasteiger partial charge on any atom is -0.399 e. The summed E-state index contributed by atoms with van der Waals surface area (Å²) in [5, 5.41) is 0. The van der Waals surface area contributed by atoms with Crippen LogP contribution in [-0.2, 0) is 0 Å². The van der Waals surface area contributed by atoms with E-state index < -0.39 is 0 Å². The third kappa shape index (κ3) is 3.07. The van der Waals surface area contributed by atoms with E-state index in [-0.39, 0.29) is 5.91 Å². The second-order valence-electron chi connectivity index (χ2n) is 4.84. The quantitative estimate of drug-likeness (QED) is 0.634. The fourth-order valence-corrected chi connectivity index (χ4v) is 2.23. The van der Waals surface area contributed by atoms with Crippen molar-refractivity contribution < 1.29 is 4.79 Å². The number of benzene rings is 1. The first kappa shape index (κ1) is 13.4. The number of carbonyl (C=O) groups excluding carboxylic acids is 1. The van der Waals surface area contributed by atoms with Crippen molar-refractivity contribution in [2.45, 2.75) is 6.92 Å². The number of hydrogen-bond acceptors (Lipinski definition) is 3. The number of piperazine rings is 1. The fraction of sp³-hybridized carbons (Fsp3) is 0.400. The summed E-state index contributed by atoms with van der Waals surface area (Å²) in [4.78, 5) is 16.4. The van der Waals surface area contributed by atoms with Crippen molar-refractivity contribution >= 4 is 11.6 Å². The standard InChI is InChI=1S/C15H19N3O/c1-3-6-17-7-9-18(10-8-17)15(19)13-4-5-14(16)12(2)11-13/h1,4-5,11H,6-10,16H2,2H3. The van der Waals surface area contributed by atoms with Crippen LogP contribution in [-0.4, -0.2) is 48.4 Å². The SMILES string of the molecule is C#CCN1CCN(C(=O)c2ccc(N)c(C)c2)CC1. The van der Waals surface area contributed by atoms with Gasteiger partial charge in [0.15, 0.2) is 0 Å². The van der Waals surface area contributed by atoms with Crippen LogP contribution in [0.1, 0.15) is 15.9 Å². The number of nitrogen functional groups attached to an aromatic ring is 1. The van der Waals surface area contributed by atoms with Crippen LogP contribution in [0.25, 0.3) is 0 Å². The zero-order valence-electron chi connectivity index (χ0n) is 11.2. The molecule has 1 heterocycles. The Kier molecular flexibility index (Phi) is 4.08. The van der Waals surface area contributed by atoms with E-state index in [0.29, 0.717) is 12.1 Å². The number of nitrogens with two attached hydrogens (primary N) is 1. The highest BCUT2D eigenvalue weighted by Crippen LogP contribution is 2.15. The van der Waals surface area contributed by atoms with E-state index in [9.17, 15) is 4.79 Å². The summed E-state index contributed by atoms with van der Waals surface area (Å²) in [5.74, 6) is 2.71. The van der Waals surface area contributed by atoms with Gasteiger partial charge in [-0.15, -0.1) is 6.42 Å². The van der Waals surface area contributed by atoms with Crippen molar-refractivity contribution in [3.05, 3.63) is 29.3 Å². The smallest absolute Gasteiger partial charge is 0.253 e. The van der Waals surface area contributed by atoms with Gasteiger partial charge in [-0.1, -0.05) is 5.92 Å². The second-order valence-corrected chi connectivity index (χ2v) is 4.84. The molecule has 1 aliphatic rings. The van der Waals surface area contributed by atoms with Gasteiger partial charge < -0.3 is 10.6 Å². The summed E-state index contributed by atoms with van der Waals surface area (Å²) in [6.07, 6.45) is 5.29. The molecule has 1 fully saturated rings. The largest absolute Gasteiger partial charge is 0.399 e. The first-order chi connectivity index (χ1) is 9.11. The van der Waals surface area contributed by atoms with Crippen LogP contribution >= 0.6 is 0 Å². The summed E-state index contributed by atoms with van der Waals surface area (Å²) >= 11 is 0. The Morgan fingerprint density at radius 1 is 1.37 bits per heavy atom. The van der Waals surface area contributed by atoms with E-state index in [1.54, 1.807) is 12.1 Å².